The van der Waals surface area contributed by atoms with Crippen LogP contribution in [-0.4, -0.2) is 76.1 Å². The Hall–Kier alpha value is -0.120. The third kappa shape index (κ3) is 12.4. The van der Waals surface area contributed by atoms with Crippen molar-refractivity contribution in [1.29, 1.82) is 0 Å². The number of unbranched alkanes of at least 4 members (excludes halogenated alkanes) is 2. The standard InChI is InChI=1S/C21H42N4O2.HI/c1-2-22-21(24-13-10-17-26-19-20-11-9-18-27-20)23-12-5-3-6-14-25-15-7-4-8-16-25;/h20H,2-19H2,1H3,(H2,22,23,24);1H. The number of hydrogen-bond donors (Lipinski definition) is 2. The Morgan fingerprint density at radius 2 is 1.93 bits per heavy atom. The van der Waals surface area contributed by atoms with Crippen molar-refractivity contribution in [2.75, 3.05) is 59.1 Å². The van der Waals surface area contributed by atoms with Crippen LogP contribution in [0.3, 0.4) is 0 Å². The summed E-state index contributed by atoms with van der Waals surface area (Å²) in [6.07, 6.45) is 11.6. The van der Waals surface area contributed by atoms with Gasteiger partial charge in [-0.25, -0.2) is 0 Å². The number of likely N-dealkylation sites (tertiary alicyclic amines) is 1. The van der Waals surface area contributed by atoms with Gasteiger partial charge in [-0.15, -0.1) is 24.0 Å². The minimum atomic E-state index is 0. The molecule has 2 heterocycles. The van der Waals surface area contributed by atoms with E-state index in [2.05, 4.69) is 27.4 Å². The molecule has 1 unspecified atom stereocenters. The molecule has 166 valence electrons. The molecule has 0 spiro atoms. The van der Waals surface area contributed by atoms with Crippen LogP contribution < -0.4 is 10.6 Å². The number of nitrogens with one attached hydrogen (secondary N) is 2. The van der Waals surface area contributed by atoms with Crippen molar-refractivity contribution in [3.8, 4) is 0 Å². The van der Waals surface area contributed by atoms with Crippen LogP contribution in [0.4, 0.5) is 0 Å². The van der Waals surface area contributed by atoms with Crippen molar-refractivity contribution in [1.82, 2.24) is 15.5 Å². The molecule has 0 radical (unpaired) electrons. The van der Waals surface area contributed by atoms with Crippen molar-refractivity contribution in [3.63, 3.8) is 0 Å². The van der Waals surface area contributed by atoms with Gasteiger partial charge in [0.2, 0.25) is 0 Å². The molecule has 2 fully saturated rings. The maximum atomic E-state index is 5.70. The lowest BCUT2D eigenvalue weighted by Gasteiger charge is -2.26. The van der Waals surface area contributed by atoms with Crippen molar-refractivity contribution in [3.05, 3.63) is 0 Å². The summed E-state index contributed by atoms with van der Waals surface area (Å²) in [5, 5.41) is 6.79. The lowest BCUT2D eigenvalue weighted by Crippen LogP contribution is -2.38. The molecule has 7 heteroatoms. The number of rotatable bonds is 13. The fraction of sp³-hybridized carbons (Fsp3) is 0.952. The highest BCUT2D eigenvalue weighted by Crippen LogP contribution is 2.12. The fourth-order valence-corrected chi connectivity index (χ4v) is 3.72. The zero-order valence-electron chi connectivity index (χ0n) is 17.9. The van der Waals surface area contributed by atoms with E-state index in [-0.39, 0.29) is 24.0 Å². The lowest BCUT2D eigenvalue weighted by molar-refractivity contribution is 0.0171. The summed E-state index contributed by atoms with van der Waals surface area (Å²) < 4.78 is 11.3. The van der Waals surface area contributed by atoms with Crippen LogP contribution in [-0.2, 0) is 9.47 Å². The van der Waals surface area contributed by atoms with Crippen molar-refractivity contribution < 1.29 is 9.47 Å². The first kappa shape index (κ1) is 25.9. The molecule has 28 heavy (non-hydrogen) atoms. The summed E-state index contributed by atoms with van der Waals surface area (Å²) in [7, 11) is 0. The lowest BCUT2D eigenvalue weighted by atomic mass is 10.1. The molecule has 1 atom stereocenters. The molecule has 0 aromatic heterocycles. The second-order valence-corrected chi connectivity index (χ2v) is 7.71. The molecule has 2 aliphatic rings. The highest BCUT2D eigenvalue weighted by molar-refractivity contribution is 14.0. The van der Waals surface area contributed by atoms with Crippen LogP contribution >= 0.6 is 24.0 Å². The average Bonchev–Trinajstić information content (AvgIpc) is 3.21. The second-order valence-electron chi connectivity index (χ2n) is 7.71. The number of aliphatic imine (C=N–C) groups is 1. The Morgan fingerprint density at radius 1 is 1.07 bits per heavy atom. The van der Waals surface area contributed by atoms with Crippen molar-refractivity contribution in [2.24, 2.45) is 4.99 Å². The van der Waals surface area contributed by atoms with Crippen LogP contribution in [0, 0.1) is 0 Å². The topological polar surface area (TPSA) is 58.1 Å². The summed E-state index contributed by atoms with van der Waals surface area (Å²) in [5.41, 5.74) is 0. The van der Waals surface area contributed by atoms with E-state index >= 15 is 0 Å². The summed E-state index contributed by atoms with van der Waals surface area (Å²) in [6.45, 7) is 11.1. The van der Waals surface area contributed by atoms with E-state index in [1.165, 1.54) is 64.6 Å². The molecular formula is C21H43IN4O2. The number of guanidine groups is 1. The van der Waals surface area contributed by atoms with E-state index in [0.29, 0.717) is 6.10 Å². The van der Waals surface area contributed by atoms with Crippen LogP contribution in [0.2, 0.25) is 0 Å². The first-order valence-electron chi connectivity index (χ1n) is 11.3. The van der Waals surface area contributed by atoms with Gasteiger partial charge in [-0.3, -0.25) is 4.99 Å². The third-order valence-electron chi connectivity index (χ3n) is 5.28. The summed E-state index contributed by atoms with van der Waals surface area (Å²) in [5.74, 6) is 0.938. The first-order valence-corrected chi connectivity index (χ1v) is 11.3. The number of ether oxygens (including phenoxy) is 2. The van der Waals surface area contributed by atoms with E-state index in [9.17, 15) is 0 Å². The predicted molar refractivity (Wildman–Crippen MR) is 128 cm³/mol. The molecule has 2 rings (SSSR count). The van der Waals surface area contributed by atoms with Gasteiger partial charge in [0.1, 0.15) is 0 Å². The number of piperidine rings is 1. The van der Waals surface area contributed by atoms with Crippen LogP contribution in [0.1, 0.15) is 64.7 Å². The Labute approximate surface area is 189 Å². The highest BCUT2D eigenvalue weighted by Gasteiger charge is 2.14. The van der Waals surface area contributed by atoms with Gasteiger partial charge in [-0.2, -0.15) is 0 Å². The van der Waals surface area contributed by atoms with Gasteiger partial charge in [0.05, 0.1) is 12.7 Å². The largest absolute Gasteiger partial charge is 0.379 e. The van der Waals surface area contributed by atoms with E-state index < -0.39 is 0 Å². The minimum Gasteiger partial charge on any atom is -0.379 e. The quantitative estimate of drug-likeness (QED) is 0.172. The summed E-state index contributed by atoms with van der Waals surface area (Å²) >= 11 is 0. The second kappa shape index (κ2) is 17.7. The maximum absolute atomic E-state index is 5.70. The van der Waals surface area contributed by atoms with E-state index in [0.717, 1.165) is 58.3 Å². The molecule has 0 aromatic rings. The number of hydrogen-bond acceptors (Lipinski definition) is 4. The summed E-state index contributed by atoms with van der Waals surface area (Å²) in [4.78, 5) is 7.28. The van der Waals surface area contributed by atoms with Gasteiger partial charge in [0.15, 0.2) is 5.96 Å². The Kier molecular flexibility index (Phi) is 16.4. The van der Waals surface area contributed by atoms with Gasteiger partial charge in [0, 0.05) is 32.8 Å². The van der Waals surface area contributed by atoms with Gasteiger partial charge in [-0.1, -0.05) is 12.8 Å². The molecule has 0 amide bonds. The highest BCUT2D eigenvalue weighted by atomic mass is 127. The Balaban J connectivity index is 0.00000392. The summed E-state index contributed by atoms with van der Waals surface area (Å²) in [6, 6.07) is 0. The van der Waals surface area contributed by atoms with E-state index in [4.69, 9.17) is 9.47 Å². The van der Waals surface area contributed by atoms with Gasteiger partial charge in [0.25, 0.3) is 0 Å². The van der Waals surface area contributed by atoms with Gasteiger partial charge < -0.3 is 25.0 Å². The first-order chi connectivity index (χ1) is 13.4. The fourth-order valence-electron chi connectivity index (χ4n) is 3.72. The molecule has 0 bridgehead atoms. The van der Waals surface area contributed by atoms with Crippen LogP contribution in [0.15, 0.2) is 4.99 Å². The average molecular weight is 511 g/mol. The van der Waals surface area contributed by atoms with E-state index in [1.54, 1.807) is 0 Å². The van der Waals surface area contributed by atoms with Crippen LogP contribution in [0.5, 0.6) is 0 Å². The van der Waals surface area contributed by atoms with Gasteiger partial charge in [-0.05, 0) is 71.5 Å². The molecule has 2 saturated heterocycles. The smallest absolute Gasteiger partial charge is 0.191 e. The monoisotopic (exact) mass is 510 g/mol. The minimum absolute atomic E-state index is 0. The number of nitrogens with zero attached hydrogens (tertiary/aromatic N) is 2. The Morgan fingerprint density at radius 3 is 2.68 bits per heavy atom. The number of halogens is 1. The third-order valence-corrected chi connectivity index (χ3v) is 5.28. The van der Waals surface area contributed by atoms with E-state index in [1.807, 2.05) is 0 Å². The normalized spacial score (nSPS) is 20.8. The molecule has 0 aliphatic carbocycles. The molecule has 2 aliphatic heterocycles. The molecule has 0 aromatic carbocycles. The van der Waals surface area contributed by atoms with Gasteiger partial charge >= 0.3 is 0 Å². The van der Waals surface area contributed by atoms with Crippen LogP contribution in [0.25, 0.3) is 0 Å². The maximum Gasteiger partial charge on any atom is 0.191 e. The molecular weight excluding hydrogens is 467 g/mol. The Bertz CT molecular complexity index is 387. The van der Waals surface area contributed by atoms with Crippen molar-refractivity contribution >= 4 is 29.9 Å². The molecule has 6 nitrogen and oxygen atoms in total. The zero-order chi connectivity index (χ0) is 19.0. The zero-order valence-corrected chi connectivity index (χ0v) is 20.3. The predicted octanol–water partition coefficient (Wildman–Crippen LogP) is 3.40. The molecule has 0 saturated carbocycles. The van der Waals surface area contributed by atoms with Crippen molar-refractivity contribution in [2.45, 2.75) is 70.8 Å². The molecule has 2 N–H and O–H groups in total. The SMILES string of the molecule is CCNC(=NCCCOCC1CCCO1)NCCCCCN1CCCCC1.I.